The van der Waals surface area contributed by atoms with Crippen molar-refractivity contribution in [3.05, 3.63) is 66.5 Å². The molecule has 0 saturated carbocycles. The molecule has 0 aliphatic carbocycles. The van der Waals surface area contributed by atoms with E-state index < -0.39 is 10.0 Å². The van der Waals surface area contributed by atoms with Crippen LogP contribution in [0, 0.1) is 13.8 Å². The molecule has 0 bridgehead atoms. The minimum absolute atomic E-state index is 0.178. The van der Waals surface area contributed by atoms with Crippen molar-refractivity contribution in [1.82, 2.24) is 29.5 Å². The van der Waals surface area contributed by atoms with Gasteiger partial charge in [-0.1, -0.05) is 0 Å². The van der Waals surface area contributed by atoms with Crippen LogP contribution in [0.2, 0.25) is 0 Å². The van der Waals surface area contributed by atoms with Crippen molar-refractivity contribution in [2.45, 2.75) is 18.7 Å². The molecule has 0 aliphatic heterocycles. The lowest BCUT2D eigenvalue weighted by Gasteiger charge is -2.10. The van der Waals surface area contributed by atoms with Crippen molar-refractivity contribution in [2.75, 3.05) is 4.72 Å². The maximum absolute atomic E-state index is 12.8. The van der Waals surface area contributed by atoms with Crippen LogP contribution >= 0.6 is 0 Å². The average Bonchev–Trinajstić information content (AvgIpc) is 3.32. The highest BCUT2D eigenvalue weighted by Gasteiger charge is 2.23. The second-order valence-electron chi connectivity index (χ2n) is 6.52. The number of hydrogen-bond acceptors (Lipinski definition) is 7. The third-order valence-corrected chi connectivity index (χ3v) is 6.04. The number of anilines is 1. The first-order chi connectivity index (χ1) is 14.3. The van der Waals surface area contributed by atoms with E-state index in [-0.39, 0.29) is 4.90 Å². The molecule has 0 radical (unpaired) electrons. The summed E-state index contributed by atoms with van der Waals surface area (Å²) in [5.74, 6) is 1.40. The molecule has 0 unspecified atom stereocenters. The molecule has 10 nitrogen and oxygen atoms in total. The van der Waals surface area contributed by atoms with Gasteiger partial charge in [-0.3, -0.25) is 9.40 Å². The highest BCUT2D eigenvalue weighted by molar-refractivity contribution is 7.92. The highest BCUT2D eigenvalue weighted by Crippen LogP contribution is 2.25. The normalized spacial score (nSPS) is 11.4. The van der Waals surface area contributed by atoms with E-state index in [1.54, 1.807) is 79.1 Å². The Hall–Kier alpha value is -3.73. The summed E-state index contributed by atoms with van der Waals surface area (Å²) in [4.78, 5) is 8.42. The number of benzene rings is 1. The first-order valence-corrected chi connectivity index (χ1v) is 10.4. The van der Waals surface area contributed by atoms with Crippen LogP contribution in [0.4, 0.5) is 5.69 Å². The van der Waals surface area contributed by atoms with Crippen molar-refractivity contribution < 1.29 is 13.2 Å². The van der Waals surface area contributed by atoms with Gasteiger partial charge in [-0.2, -0.15) is 10.2 Å². The van der Waals surface area contributed by atoms with Crippen molar-refractivity contribution in [1.29, 1.82) is 0 Å². The summed E-state index contributed by atoms with van der Waals surface area (Å²) in [7, 11) is -2.05. The van der Waals surface area contributed by atoms with Crippen LogP contribution in [0.5, 0.6) is 11.6 Å². The molecule has 0 saturated heterocycles. The third kappa shape index (κ3) is 3.87. The van der Waals surface area contributed by atoms with Gasteiger partial charge in [0.25, 0.3) is 10.0 Å². The first-order valence-electron chi connectivity index (χ1n) is 8.96. The number of nitrogens with zero attached hydrogens (tertiary/aromatic N) is 6. The molecule has 0 fully saturated rings. The van der Waals surface area contributed by atoms with Crippen molar-refractivity contribution >= 4 is 15.7 Å². The molecule has 4 aromatic rings. The second kappa shape index (κ2) is 7.59. The van der Waals surface area contributed by atoms with Crippen molar-refractivity contribution in [2.24, 2.45) is 7.05 Å². The summed E-state index contributed by atoms with van der Waals surface area (Å²) in [6.45, 7) is 3.38. The summed E-state index contributed by atoms with van der Waals surface area (Å²) in [6, 6.07) is 9.97. The number of aromatic nitrogens is 6. The number of hydrogen-bond donors (Lipinski definition) is 1. The lowest BCUT2D eigenvalue weighted by atomic mass is 10.3. The van der Waals surface area contributed by atoms with Gasteiger partial charge in [0.15, 0.2) is 5.82 Å². The largest absolute Gasteiger partial charge is 0.439 e. The Morgan fingerprint density at radius 2 is 1.87 bits per heavy atom. The molecular formula is C19H19N7O3S. The summed E-state index contributed by atoms with van der Waals surface area (Å²) < 4.78 is 37.0. The smallest absolute Gasteiger partial charge is 0.265 e. The van der Waals surface area contributed by atoms with Crippen molar-refractivity contribution in [3.63, 3.8) is 0 Å². The van der Waals surface area contributed by atoms with E-state index in [0.29, 0.717) is 34.5 Å². The summed E-state index contributed by atoms with van der Waals surface area (Å²) in [6.07, 6.45) is 4.79. The molecule has 0 spiro atoms. The van der Waals surface area contributed by atoms with Crippen LogP contribution in [0.15, 0.2) is 60.0 Å². The lowest BCUT2D eigenvalue weighted by Crippen LogP contribution is -2.14. The zero-order valence-corrected chi connectivity index (χ0v) is 17.3. The molecule has 11 heteroatoms. The number of aryl methyl sites for hydroxylation is 2. The van der Waals surface area contributed by atoms with E-state index in [9.17, 15) is 8.42 Å². The fraction of sp³-hybridized carbons (Fsp3) is 0.158. The predicted molar refractivity (Wildman–Crippen MR) is 109 cm³/mol. The van der Waals surface area contributed by atoms with E-state index >= 15 is 0 Å². The molecule has 1 N–H and O–H groups in total. The highest BCUT2D eigenvalue weighted by atomic mass is 32.2. The second-order valence-corrected chi connectivity index (χ2v) is 8.14. The number of ether oxygens (including phenoxy) is 1. The van der Waals surface area contributed by atoms with Gasteiger partial charge in [-0.05, 0) is 44.2 Å². The maximum atomic E-state index is 12.8. The Bertz CT molecular complexity index is 1280. The van der Waals surface area contributed by atoms with E-state index in [1.165, 1.54) is 6.33 Å². The standard InChI is InChI=1S/C19H19N7O3S/c1-13-19(14(2)25(3)23-13)30(27,28)24-15-5-7-16(8-6-15)29-18-11-17(20-12-21-18)26-10-4-9-22-26/h4-12,24H,1-3H3. The molecule has 1 aromatic carbocycles. The van der Waals surface area contributed by atoms with Gasteiger partial charge >= 0.3 is 0 Å². The summed E-state index contributed by atoms with van der Waals surface area (Å²) in [5.41, 5.74) is 1.42. The monoisotopic (exact) mass is 425 g/mol. The van der Waals surface area contributed by atoms with E-state index in [2.05, 4.69) is 24.9 Å². The maximum Gasteiger partial charge on any atom is 0.265 e. The predicted octanol–water partition coefficient (Wildman–Crippen LogP) is 2.61. The van der Waals surface area contributed by atoms with E-state index in [1.807, 2.05) is 0 Å². The minimum Gasteiger partial charge on any atom is -0.439 e. The van der Waals surface area contributed by atoms with E-state index in [4.69, 9.17) is 4.74 Å². The van der Waals surface area contributed by atoms with Gasteiger partial charge in [0.2, 0.25) is 5.88 Å². The molecular weight excluding hydrogens is 406 g/mol. The number of sulfonamides is 1. The Kier molecular flexibility index (Phi) is 4.96. The summed E-state index contributed by atoms with van der Waals surface area (Å²) >= 11 is 0. The lowest BCUT2D eigenvalue weighted by molar-refractivity contribution is 0.460. The molecule has 0 amide bonds. The Morgan fingerprint density at radius 1 is 1.10 bits per heavy atom. The van der Waals surface area contributed by atoms with Crippen LogP contribution in [0.1, 0.15) is 11.4 Å². The van der Waals surface area contributed by atoms with E-state index in [0.717, 1.165) is 0 Å². The molecule has 3 aromatic heterocycles. The topological polar surface area (TPSA) is 117 Å². The zero-order valence-electron chi connectivity index (χ0n) is 16.5. The van der Waals surface area contributed by atoms with Crippen LogP contribution in [-0.2, 0) is 17.1 Å². The minimum atomic E-state index is -3.76. The Labute approximate surface area is 173 Å². The quantitative estimate of drug-likeness (QED) is 0.505. The Morgan fingerprint density at radius 3 is 2.50 bits per heavy atom. The molecule has 0 atom stereocenters. The van der Waals surface area contributed by atoms with Gasteiger partial charge in [-0.15, -0.1) is 0 Å². The van der Waals surface area contributed by atoms with Crippen LogP contribution in [-0.4, -0.2) is 37.9 Å². The SMILES string of the molecule is Cc1nn(C)c(C)c1S(=O)(=O)Nc1ccc(Oc2cc(-n3cccn3)ncn2)cc1. The molecule has 154 valence electrons. The number of rotatable bonds is 6. The first kappa shape index (κ1) is 19.6. The molecule has 30 heavy (non-hydrogen) atoms. The third-order valence-electron chi connectivity index (χ3n) is 4.41. The van der Waals surface area contributed by atoms with Gasteiger partial charge in [0, 0.05) is 31.2 Å². The van der Waals surface area contributed by atoms with Gasteiger partial charge in [0.1, 0.15) is 17.0 Å². The fourth-order valence-electron chi connectivity index (χ4n) is 2.98. The van der Waals surface area contributed by atoms with Crippen LogP contribution in [0.3, 0.4) is 0 Å². The molecule has 0 aliphatic rings. The Balaban J connectivity index is 1.50. The fourth-order valence-corrected chi connectivity index (χ4v) is 4.48. The molecule has 4 rings (SSSR count). The zero-order chi connectivity index (χ0) is 21.3. The van der Waals surface area contributed by atoms with Gasteiger partial charge in [0.05, 0.1) is 11.4 Å². The summed E-state index contributed by atoms with van der Waals surface area (Å²) in [5, 5.41) is 8.28. The van der Waals surface area contributed by atoms with Gasteiger partial charge in [-0.25, -0.2) is 23.1 Å². The number of nitrogens with one attached hydrogen (secondary N) is 1. The van der Waals surface area contributed by atoms with Gasteiger partial charge < -0.3 is 4.74 Å². The molecule has 3 heterocycles. The van der Waals surface area contributed by atoms with Crippen LogP contribution in [0.25, 0.3) is 5.82 Å². The van der Waals surface area contributed by atoms with Crippen LogP contribution < -0.4 is 9.46 Å². The van der Waals surface area contributed by atoms with Crippen molar-refractivity contribution in [3.8, 4) is 17.4 Å². The average molecular weight is 425 g/mol.